The van der Waals surface area contributed by atoms with Crippen molar-refractivity contribution in [3.63, 3.8) is 0 Å². The molecule has 1 atom stereocenters. The molecule has 0 amide bonds. The molecule has 2 rings (SSSR count). The van der Waals surface area contributed by atoms with E-state index < -0.39 is 0 Å². The van der Waals surface area contributed by atoms with Crippen LogP contribution in [0.1, 0.15) is 35.7 Å². The summed E-state index contributed by atoms with van der Waals surface area (Å²) in [6, 6.07) is 2.10. The monoisotopic (exact) mass is 340 g/mol. The van der Waals surface area contributed by atoms with E-state index in [1.165, 1.54) is 0 Å². The molecule has 1 unspecified atom stereocenters. The molecule has 0 radical (unpaired) electrons. The molecule has 2 aromatic rings. The van der Waals surface area contributed by atoms with Gasteiger partial charge in [-0.3, -0.25) is 20.6 Å². The molecule has 6 nitrogen and oxygen atoms in total. The summed E-state index contributed by atoms with van der Waals surface area (Å²) in [6.45, 7) is 4.08. The van der Waals surface area contributed by atoms with Crippen LogP contribution in [0.4, 0.5) is 0 Å². The lowest BCUT2D eigenvalue weighted by molar-refractivity contribution is 0.492. The highest BCUT2D eigenvalue weighted by Crippen LogP contribution is 2.26. The minimum absolute atomic E-state index is 0.00102. The largest absolute Gasteiger partial charge is 0.271 e. The quantitative estimate of drug-likeness (QED) is 0.639. The maximum atomic E-state index is 5.74. The summed E-state index contributed by atoms with van der Waals surface area (Å²) in [5, 5.41) is 8.89. The summed E-state index contributed by atoms with van der Waals surface area (Å²) < 4.78 is 4.82. The van der Waals surface area contributed by atoms with Crippen LogP contribution in [0.2, 0.25) is 0 Å². The van der Waals surface area contributed by atoms with Gasteiger partial charge in [0.05, 0.1) is 33.3 Å². The summed E-state index contributed by atoms with van der Waals surface area (Å²) in [6.07, 6.45) is 1.66. The van der Waals surface area contributed by atoms with E-state index in [9.17, 15) is 0 Å². The number of aromatic nitrogens is 4. The number of nitrogens with zero attached hydrogens (tertiary/aromatic N) is 4. The molecule has 0 saturated carbocycles. The summed E-state index contributed by atoms with van der Waals surface area (Å²) in [5.74, 6) is 5.74. The first-order valence-corrected chi connectivity index (χ1v) is 7.44. The highest BCUT2D eigenvalue weighted by Gasteiger charge is 2.20. The molecule has 3 N–H and O–H groups in total. The lowest BCUT2D eigenvalue weighted by atomic mass is 10.1. The molecule has 2 aromatic heterocycles. The fourth-order valence-electron chi connectivity index (χ4n) is 2.39. The molecule has 0 aliphatic carbocycles. The van der Waals surface area contributed by atoms with Crippen molar-refractivity contribution in [2.45, 2.75) is 32.7 Å². The predicted octanol–water partition coefficient (Wildman–Crippen LogP) is 1.53. The topological polar surface area (TPSA) is 73.7 Å². The maximum absolute atomic E-state index is 5.74. The zero-order chi connectivity index (χ0) is 14.9. The zero-order valence-corrected chi connectivity index (χ0v) is 13.9. The van der Waals surface area contributed by atoms with Gasteiger partial charge >= 0.3 is 0 Å². The minimum atomic E-state index is -0.00102. The van der Waals surface area contributed by atoms with Gasteiger partial charge in [-0.15, -0.1) is 0 Å². The number of hydrogen-bond donors (Lipinski definition) is 2. The molecular weight excluding hydrogens is 320 g/mol. The highest BCUT2D eigenvalue weighted by atomic mass is 79.9. The molecule has 0 saturated heterocycles. The Morgan fingerprint density at radius 1 is 1.35 bits per heavy atom. The lowest BCUT2D eigenvalue weighted by Gasteiger charge is -2.16. The van der Waals surface area contributed by atoms with Crippen molar-refractivity contribution in [1.29, 1.82) is 0 Å². The second kappa shape index (κ2) is 6.07. The van der Waals surface area contributed by atoms with Gasteiger partial charge in [0.15, 0.2) is 0 Å². The number of rotatable bonds is 5. The Hall–Kier alpha value is -1.18. The average molecular weight is 341 g/mol. The van der Waals surface area contributed by atoms with E-state index in [-0.39, 0.29) is 6.04 Å². The molecule has 0 aromatic carbocycles. The van der Waals surface area contributed by atoms with Gasteiger partial charge in [0.1, 0.15) is 0 Å². The molecule has 0 bridgehead atoms. The Morgan fingerprint density at radius 2 is 2.05 bits per heavy atom. The number of nitrogens with one attached hydrogen (secondary N) is 1. The third kappa shape index (κ3) is 2.79. The number of halogens is 1. The third-order valence-electron chi connectivity index (χ3n) is 3.55. The standard InChI is InChI=1S/C13H21BrN6/c1-5-9-6-11(19(3)18-9)10(16-15)7-12-13(14)8(2)17-20(12)4/h6,10,16H,5,7,15H2,1-4H3. The van der Waals surface area contributed by atoms with E-state index in [0.29, 0.717) is 0 Å². The van der Waals surface area contributed by atoms with Crippen LogP contribution in [0.15, 0.2) is 10.5 Å². The van der Waals surface area contributed by atoms with Gasteiger partial charge in [0.25, 0.3) is 0 Å². The number of aryl methyl sites for hydroxylation is 4. The van der Waals surface area contributed by atoms with E-state index >= 15 is 0 Å². The molecule has 0 fully saturated rings. The molecule has 110 valence electrons. The van der Waals surface area contributed by atoms with Gasteiger partial charge in [-0.05, 0) is 35.3 Å². The molecule has 20 heavy (non-hydrogen) atoms. The van der Waals surface area contributed by atoms with Crippen LogP contribution in [0.25, 0.3) is 0 Å². The van der Waals surface area contributed by atoms with Crippen LogP contribution in [0.3, 0.4) is 0 Å². The van der Waals surface area contributed by atoms with Crippen LogP contribution in [-0.4, -0.2) is 19.6 Å². The normalized spacial score (nSPS) is 12.9. The van der Waals surface area contributed by atoms with Crippen molar-refractivity contribution in [2.75, 3.05) is 0 Å². The van der Waals surface area contributed by atoms with Crippen molar-refractivity contribution in [2.24, 2.45) is 19.9 Å². The maximum Gasteiger partial charge on any atom is 0.0738 e. The van der Waals surface area contributed by atoms with Crippen LogP contribution in [0, 0.1) is 6.92 Å². The van der Waals surface area contributed by atoms with Crippen LogP contribution in [0.5, 0.6) is 0 Å². The summed E-state index contributed by atoms with van der Waals surface area (Å²) in [5.41, 5.74) is 7.14. The Morgan fingerprint density at radius 3 is 2.50 bits per heavy atom. The molecule has 0 aliphatic rings. The first-order valence-electron chi connectivity index (χ1n) is 6.64. The van der Waals surface area contributed by atoms with Gasteiger partial charge < -0.3 is 0 Å². The SMILES string of the molecule is CCc1cc(C(Cc2c(Br)c(C)nn2C)NN)n(C)n1. The Bertz CT molecular complexity index is 600. The van der Waals surface area contributed by atoms with E-state index in [1.54, 1.807) is 0 Å². The van der Waals surface area contributed by atoms with Crippen molar-refractivity contribution < 1.29 is 0 Å². The van der Waals surface area contributed by atoms with E-state index in [2.05, 4.69) is 44.5 Å². The Labute approximate surface area is 127 Å². The molecule has 2 heterocycles. The van der Waals surface area contributed by atoms with Gasteiger partial charge in [-0.2, -0.15) is 10.2 Å². The first kappa shape index (κ1) is 15.2. The fraction of sp³-hybridized carbons (Fsp3) is 0.538. The van der Waals surface area contributed by atoms with Crippen molar-refractivity contribution in [3.05, 3.63) is 33.3 Å². The Balaban J connectivity index is 2.31. The van der Waals surface area contributed by atoms with E-state index in [0.717, 1.165) is 40.1 Å². The van der Waals surface area contributed by atoms with Crippen molar-refractivity contribution >= 4 is 15.9 Å². The van der Waals surface area contributed by atoms with E-state index in [4.69, 9.17) is 5.84 Å². The predicted molar refractivity (Wildman–Crippen MR) is 82.0 cm³/mol. The molecule has 0 aliphatic heterocycles. The number of hydrogen-bond acceptors (Lipinski definition) is 4. The molecule has 7 heteroatoms. The Kier molecular flexibility index (Phi) is 4.62. The zero-order valence-electron chi connectivity index (χ0n) is 12.3. The minimum Gasteiger partial charge on any atom is -0.271 e. The van der Waals surface area contributed by atoms with Crippen LogP contribution in [-0.2, 0) is 26.9 Å². The summed E-state index contributed by atoms with van der Waals surface area (Å²) in [4.78, 5) is 0. The summed E-state index contributed by atoms with van der Waals surface area (Å²) in [7, 11) is 3.89. The second-order valence-corrected chi connectivity index (χ2v) is 5.72. The number of hydrazine groups is 1. The molecular formula is C13H21BrN6. The smallest absolute Gasteiger partial charge is 0.0738 e. The van der Waals surface area contributed by atoms with Gasteiger partial charge in [0, 0.05) is 20.5 Å². The van der Waals surface area contributed by atoms with Gasteiger partial charge in [-0.1, -0.05) is 6.92 Å². The van der Waals surface area contributed by atoms with Crippen LogP contribution < -0.4 is 11.3 Å². The highest BCUT2D eigenvalue weighted by molar-refractivity contribution is 9.10. The first-order chi connectivity index (χ1) is 9.47. The third-order valence-corrected chi connectivity index (χ3v) is 4.58. The van der Waals surface area contributed by atoms with E-state index in [1.807, 2.05) is 30.4 Å². The molecule has 0 spiro atoms. The van der Waals surface area contributed by atoms with Gasteiger partial charge in [-0.25, -0.2) is 0 Å². The van der Waals surface area contributed by atoms with Crippen molar-refractivity contribution in [3.8, 4) is 0 Å². The fourth-order valence-corrected chi connectivity index (χ4v) is 2.88. The summed E-state index contributed by atoms with van der Waals surface area (Å²) >= 11 is 3.59. The number of nitrogens with two attached hydrogens (primary N) is 1. The van der Waals surface area contributed by atoms with Crippen LogP contribution >= 0.6 is 15.9 Å². The van der Waals surface area contributed by atoms with Crippen molar-refractivity contribution in [1.82, 2.24) is 25.0 Å². The lowest BCUT2D eigenvalue weighted by Crippen LogP contribution is -2.31. The van der Waals surface area contributed by atoms with Gasteiger partial charge in [0.2, 0.25) is 0 Å². The second-order valence-electron chi connectivity index (χ2n) is 4.93. The average Bonchev–Trinajstić information content (AvgIpc) is 2.90.